The van der Waals surface area contributed by atoms with E-state index < -0.39 is 11.0 Å². The monoisotopic (exact) mass is 186 g/mol. The minimum Gasteiger partial charge on any atom is -0.283 e. The summed E-state index contributed by atoms with van der Waals surface area (Å²) in [6.45, 7) is 0. The van der Waals surface area contributed by atoms with E-state index in [0.717, 1.165) is 0 Å². The highest BCUT2D eigenvalue weighted by molar-refractivity contribution is 5.61. The molecular weight excluding hydrogens is 180 g/mol. The average Bonchev–Trinajstić information content (AvgIpc) is 2.46. The molecule has 4 nitrogen and oxygen atoms in total. The molecule has 2 rings (SSSR count). The zero-order valence-electron chi connectivity index (χ0n) is 7.18. The lowest BCUT2D eigenvalue weighted by Gasteiger charge is -1.88. The zero-order valence-corrected chi connectivity index (χ0v) is 7.18. The SMILES string of the molecule is O=c1nncc2cccccc-2c1=O. The molecule has 0 aromatic rings. The lowest BCUT2D eigenvalue weighted by Crippen LogP contribution is -2.24. The molecule has 0 N–H and O–H groups in total. The van der Waals surface area contributed by atoms with Crippen LogP contribution >= 0.6 is 0 Å². The summed E-state index contributed by atoms with van der Waals surface area (Å²) in [7, 11) is 0. The standard InChI is InChI=1S/C10H6N2O2/c13-9-8-5-3-1-2-4-7(8)6-11-12-10(9)14/h1-6H. The van der Waals surface area contributed by atoms with E-state index in [4.69, 9.17) is 0 Å². The summed E-state index contributed by atoms with van der Waals surface area (Å²) < 4.78 is 0. The Labute approximate surface area is 79.2 Å². The van der Waals surface area contributed by atoms with Crippen molar-refractivity contribution in [3.05, 3.63) is 57.1 Å². The smallest absolute Gasteiger partial charge is 0.283 e. The van der Waals surface area contributed by atoms with Crippen LogP contribution in [0.3, 0.4) is 0 Å². The number of hydrogen-bond acceptors (Lipinski definition) is 4. The van der Waals surface area contributed by atoms with Crippen molar-refractivity contribution in [1.29, 1.82) is 0 Å². The Bertz CT molecular complexity index is 554. The second kappa shape index (κ2) is 3.33. The van der Waals surface area contributed by atoms with Crippen molar-refractivity contribution in [1.82, 2.24) is 10.2 Å². The van der Waals surface area contributed by atoms with Gasteiger partial charge in [0.1, 0.15) is 0 Å². The Hall–Kier alpha value is -2.10. The number of rotatable bonds is 0. The van der Waals surface area contributed by atoms with E-state index in [2.05, 4.69) is 10.2 Å². The second-order valence-electron chi connectivity index (χ2n) is 2.76. The molecule has 0 aromatic carbocycles. The largest absolute Gasteiger partial charge is 0.336 e. The van der Waals surface area contributed by atoms with E-state index in [1.54, 1.807) is 30.3 Å². The van der Waals surface area contributed by atoms with Gasteiger partial charge in [-0.15, -0.1) is 5.10 Å². The summed E-state index contributed by atoms with van der Waals surface area (Å²) in [6.07, 6.45) is 1.40. The number of fused-ring (bicyclic) bond motifs is 1. The molecule has 14 heavy (non-hydrogen) atoms. The Morgan fingerprint density at radius 2 is 1.79 bits per heavy atom. The molecule has 0 fully saturated rings. The van der Waals surface area contributed by atoms with Crippen LogP contribution in [0.1, 0.15) is 0 Å². The molecule has 1 heterocycles. The van der Waals surface area contributed by atoms with Crippen molar-refractivity contribution < 1.29 is 0 Å². The van der Waals surface area contributed by atoms with Gasteiger partial charge in [0.2, 0.25) is 0 Å². The molecular formula is C10H6N2O2. The maximum absolute atomic E-state index is 11.5. The first-order valence-electron chi connectivity index (χ1n) is 4.04. The van der Waals surface area contributed by atoms with E-state index in [1.165, 1.54) is 6.20 Å². The van der Waals surface area contributed by atoms with Crippen molar-refractivity contribution in [3.8, 4) is 11.1 Å². The Kier molecular flexibility index (Phi) is 2.02. The highest BCUT2D eigenvalue weighted by atomic mass is 16.2. The summed E-state index contributed by atoms with van der Waals surface area (Å²) in [6, 6.07) is 8.54. The highest BCUT2D eigenvalue weighted by Crippen LogP contribution is 2.10. The third-order valence-corrected chi connectivity index (χ3v) is 1.86. The van der Waals surface area contributed by atoms with Crippen LogP contribution in [0, 0.1) is 0 Å². The Morgan fingerprint density at radius 1 is 1.00 bits per heavy atom. The molecule has 0 unspecified atom stereocenters. The zero-order chi connectivity index (χ0) is 9.97. The molecule has 0 bridgehead atoms. The van der Waals surface area contributed by atoms with Crippen LogP contribution in [0.5, 0.6) is 0 Å². The molecule has 0 radical (unpaired) electrons. The molecule has 4 heteroatoms. The van der Waals surface area contributed by atoms with Gasteiger partial charge in [0.25, 0.3) is 5.43 Å². The molecule has 0 saturated carbocycles. The molecule has 1 aliphatic carbocycles. The van der Waals surface area contributed by atoms with E-state index in [0.29, 0.717) is 11.1 Å². The summed E-state index contributed by atoms with van der Waals surface area (Å²) in [4.78, 5) is 22.5. The fourth-order valence-electron chi connectivity index (χ4n) is 1.18. The van der Waals surface area contributed by atoms with E-state index in [9.17, 15) is 9.59 Å². The lowest BCUT2D eigenvalue weighted by molar-refractivity contribution is 1.01. The predicted octanol–water partition coefficient (Wildman–Crippen LogP) is 0.302. The van der Waals surface area contributed by atoms with Crippen molar-refractivity contribution in [2.45, 2.75) is 0 Å². The molecule has 0 amide bonds. The van der Waals surface area contributed by atoms with Gasteiger partial charge >= 0.3 is 5.56 Å². The fraction of sp³-hybridized carbons (Fsp3) is 0. The van der Waals surface area contributed by atoms with Gasteiger partial charge in [-0.1, -0.05) is 30.3 Å². The van der Waals surface area contributed by atoms with Gasteiger partial charge in [-0.05, 0) is 0 Å². The summed E-state index contributed by atoms with van der Waals surface area (Å²) in [5, 5.41) is 6.72. The minimum absolute atomic E-state index is 0.338. The fourth-order valence-corrected chi connectivity index (χ4v) is 1.18. The second-order valence-corrected chi connectivity index (χ2v) is 2.76. The van der Waals surface area contributed by atoms with Crippen LogP contribution < -0.4 is 11.0 Å². The molecule has 0 spiro atoms. The molecule has 2 aliphatic rings. The number of hydrogen-bond donors (Lipinski definition) is 0. The topological polar surface area (TPSA) is 59.9 Å². The average molecular weight is 186 g/mol. The predicted molar refractivity (Wildman–Crippen MR) is 51.2 cm³/mol. The summed E-state index contributed by atoms with van der Waals surface area (Å²) in [5.74, 6) is 0. The third kappa shape index (κ3) is 1.37. The maximum Gasteiger partial charge on any atom is 0.336 e. The molecule has 0 aromatic heterocycles. The molecule has 1 aliphatic heterocycles. The highest BCUT2D eigenvalue weighted by Gasteiger charge is 2.04. The first-order valence-corrected chi connectivity index (χ1v) is 4.04. The normalized spacial score (nSPS) is 10.0. The number of nitrogens with zero attached hydrogens (tertiary/aromatic N) is 2. The van der Waals surface area contributed by atoms with Crippen molar-refractivity contribution in [3.63, 3.8) is 0 Å². The van der Waals surface area contributed by atoms with Crippen LogP contribution in [0.25, 0.3) is 11.1 Å². The van der Waals surface area contributed by atoms with Crippen molar-refractivity contribution in [2.24, 2.45) is 0 Å². The Morgan fingerprint density at radius 3 is 2.64 bits per heavy atom. The van der Waals surface area contributed by atoms with Gasteiger partial charge in [-0.2, -0.15) is 5.10 Å². The summed E-state index contributed by atoms with van der Waals surface area (Å²) in [5.41, 5.74) is -0.500. The first kappa shape index (κ1) is 8.50. The van der Waals surface area contributed by atoms with Gasteiger partial charge in [-0.3, -0.25) is 9.59 Å². The van der Waals surface area contributed by atoms with Crippen LogP contribution in [-0.4, -0.2) is 10.2 Å². The lowest BCUT2D eigenvalue weighted by atomic mass is 10.1. The van der Waals surface area contributed by atoms with Crippen LogP contribution in [-0.2, 0) is 0 Å². The van der Waals surface area contributed by atoms with E-state index in [1.807, 2.05) is 0 Å². The number of aromatic nitrogens is 2. The van der Waals surface area contributed by atoms with Crippen molar-refractivity contribution in [2.75, 3.05) is 0 Å². The van der Waals surface area contributed by atoms with Crippen LogP contribution in [0.15, 0.2) is 46.1 Å². The quantitative estimate of drug-likeness (QED) is 0.555. The first-order chi connectivity index (χ1) is 6.79. The van der Waals surface area contributed by atoms with Gasteiger partial charge in [0.15, 0.2) is 0 Å². The van der Waals surface area contributed by atoms with E-state index >= 15 is 0 Å². The molecule has 0 atom stereocenters. The summed E-state index contributed by atoms with van der Waals surface area (Å²) >= 11 is 0. The van der Waals surface area contributed by atoms with Crippen LogP contribution in [0.4, 0.5) is 0 Å². The van der Waals surface area contributed by atoms with Gasteiger partial charge in [0.05, 0.1) is 6.20 Å². The van der Waals surface area contributed by atoms with E-state index in [-0.39, 0.29) is 0 Å². The van der Waals surface area contributed by atoms with Gasteiger partial charge < -0.3 is 0 Å². The molecule has 68 valence electrons. The van der Waals surface area contributed by atoms with Gasteiger partial charge in [0, 0.05) is 11.1 Å². The maximum atomic E-state index is 11.5. The minimum atomic E-state index is -0.828. The molecule has 0 saturated heterocycles. The van der Waals surface area contributed by atoms with Crippen LogP contribution in [0.2, 0.25) is 0 Å². The van der Waals surface area contributed by atoms with Gasteiger partial charge in [-0.25, -0.2) is 0 Å². The Balaban J connectivity index is 2.99. The third-order valence-electron chi connectivity index (χ3n) is 1.86. The van der Waals surface area contributed by atoms with Crippen molar-refractivity contribution >= 4 is 0 Å².